The molecule has 3 atom stereocenters. The van der Waals surface area contributed by atoms with Crippen molar-refractivity contribution < 1.29 is 0 Å². The van der Waals surface area contributed by atoms with E-state index in [4.69, 9.17) is 0 Å². The number of aryl methyl sites for hydroxylation is 1. The highest BCUT2D eigenvalue weighted by Crippen LogP contribution is 2.58. The van der Waals surface area contributed by atoms with Crippen LogP contribution in [0.4, 0.5) is 0 Å². The van der Waals surface area contributed by atoms with Crippen molar-refractivity contribution in [2.75, 3.05) is 6.54 Å². The second-order valence-electron chi connectivity index (χ2n) is 5.00. The summed E-state index contributed by atoms with van der Waals surface area (Å²) in [4.78, 5) is 0. The molecule has 1 heterocycles. The van der Waals surface area contributed by atoms with Gasteiger partial charge >= 0.3 is 0 Å². The number of benzene rings is 1. The van der Waals surface area contributed by atoms with Gasteiger partial charge in [-0.25, -0.2) is 0 Å². The summed E-state index contributed by atoms with van der Waals surface area (Å²) in [5, 5.41) is 3.57. The molecule has 3 unspecified atom stereocenters. The van der Waals surface area contributed by atoms with E-state index in [9.17, 15) is 0 Å². The van der Waals surface area contributed by atoms with Crippen molar-refractivity contribution in [1.82, 2.24) is 5.32 Å². The van der Waals surface area contributed by atoms with Gasteiger partial charge in [-0.15, -0.1) is 12.4 Å². The molecule has 2 aliphatic rings. The molecule has 1 aromatic rings. The lowest BCUT2D eigenvalue weighted by atomic mass is 9.94. The highest BCUT2D eigenvalue weighted by molar-refractivity contribution is 5.85. The minimum atomic E-state index is 0. The van der Waals surface area contributed by atoms with Crippen molar-refractivity contribution in [3.05, 3.63) is 35.4 Å². The van der Waals surface area contributed by atoms with Crippen LogP contribution < -0.4 is 5.32 Å². The third-order valence-corrected chi connectivity index (χ3v) is 4.10. The van der Waals surface area contributed by atoms with Crippen molar-refractivity contribution in [3.8, 4) is 0 Å². The Bertz CT molecular complexity index is 359. The van der Waals surface area contributed by atoms with Gasteiger partial charge in [0.25, 0.3) is 0 Å². The first-order valence-electron chi connectivity index (χ1n) is 5.53. The molecular weight excluding hydrogens is 206 g/mol. The third-order valence-electron chi connectivity index (χ3n) is 4.10. The Labute approximate surface area is 97.7 Å². The maximum Gasteiger partial charge on any atom is 0.0125 e. The van der Waals surface area contributed by atoms with Crippen molar-refractivity contribution >= 4 is 12.4 Å². The zero-order valence-electron chi connectivity index (χ0n) is 9.29. The van der Waals surface area contributed by atoms with Gasteiger partial charge in [-0.05, 0) is 31.7 Å². The lowest BCUT2D eigenvalue weighted by Gasteiger charge is -2.11. The molecule has 1 nitrogen and oxygen atoms in total. The molecule has 0 bridgehead atoms. The zero-order valence-corrected chi connectivity index (χ0v) is 10.1. The summed E-state index contributed by atoms with van der Waals surface area (Å²) in [7, 11) is 0. The largest absolute Gasteiger partial charge is 0.313 e. The monoisotopic (exact) mass is 223 g/mol. The average molecular weight is 224 g/mol. The summed E-state index contributed by atoms with van der Waals surface area (Å²) < 4.78 is 0. The Balaban J connectivity index is 0.000000853. The quantitative estimate of drug-likeness (QED) is 0.772. The molecule has 1 aromatic carbocycles. The highest BCUT2D eigenvalue weighted by atomic mass is 35.5. The number of fused-ring (bicyclic) bond motifs is 1. The number of hydrogen-bond acceptors (Lipinski definition) is 1. The molecule has 1 N–H and O–H groups in total. The zero-order chi connectivity index (χ0) is 9.76. The topological polar surface area (TPSA) is 12.0 Å². The summed E-state index contributed by atoms with van der Waals surface area (Å²) in [6, 6.07) is 9.82. The van der Waals surface area contributed by atoms with Gasteiger partial charge in [-0.1, -0.05) is 29.8 Å². The number of piperidine rings is 1. The van der Waals surface area contributed by atoms with Gasteiger partial charge in [0, 0.05) is 18.0 Å². The molecule has 2 fully saturated rings. The van der Waals surface area contributed by atoms with Crippen LogP contribution in [0.25, 0.3) is 0 Å². The molecule has 82 valence electrons. The van der Waals surface area contributed by atoms with Crippen LogP contribution >= 0.6 is 12.4 Å². The average Bonchev–Trinajstić information content (AvgIpc) is 2.84. The molecule has 2 heteroatoms. The second kappa shape index (κ2) is 3.50. The van der Waals surface area contributed by atoms with Crippen LogP contribution in [0, 0.1) is 12.8 Å². The first-order chi connectivity index (χ1) is 6.72. The molecule has 1 saturated carbocycles. The summed E-state index contributed by atoms with van der Waals surface area (Å²) in [5.41, 5.74) is 3.42. The number of rotatable bonds is 1. The maximum absolute atomic E-state index is 3.57. The number of nitrogens with one attached hydrogen (secondary N) is 1. The number of halogens is 1. The van der Waals surface area contributed by atoms with Crippen LogP contribution in [0.3, 0.4) is 0 Å². The molecule has 0 radical (unpaired) electrons. The van der Waals surface area contributed by atoms with E-state index in [2.05, 4.69) is 43.4 Å². The van der Waals surface area contributed by atoms with Crippen molar-refractivity contribution in [2.24, 2.45) is 5.92 Å². The van der Waals surface area contributed by atoms with E-state index in [-0.39, 0.29) is 12.4 Å². The van der Waals surface area contributed by atoms with Gasteiger partial charge in [0.2, 0.25) is 0 Å². The summed E-state index contributed by atoms with van der Waals surface area (Å²) >= 11 is 0. The van der Waals surface area contributed by atoms with E-state index in [1.54, 1.807) is 5.56 Å². The Morgan fingerprint density at radius 3 is 2.40 bits per heavy atom. The van der Waals surface area contributed by atoms with Crippen LogP contribution in [-0.2, 0) is 5.41 Å². The Morgan fingerprint density at radius 1 is 1.27 bits per heavy atom. The lowest BCUT2D eigenvalue weighted by Crippen LogP contribution is -2.24. The van der Waals surface area contributed by atoms with Gasteiger partial charge in [0.05, 0.1) is 0 Å². The van der Waals surface area contributed by atoms with Crippen LogP contribution in [0.5, 0.6) is 0 Å². The van der Waals surface area contributed by atoms with Gasteiger partial charge in [-0.3, -0.25) is 0 Å². The molecule has 15 heavy (non-hydrogen) atoms. The SMILES string of the molecule is Cc1ccc(C23CNC(C)C2C3)cc1.Cl. The van der Waals surface area contributed by atoms with E-state index < -0.39 is 0 Å². The normalized spacial score (nSPS) is 36.9. The van der Waals surface area contributed by atoms with Gasteiger partial charge in [0.1, 0.15) is 0 Å². The fraction of sp³-hybridized carbons (Fsp3) is 0.538. The summed E-state index contributed by atoms with van der Waals surface area (Å²) in [6.45, 7) is 5.65. The van der Waals surface area contributed by atoms with Gasteiger partial charge in [0.15, 0.2) is 0 Å². The fourth-order valence-corrected chi connectivity index (χ4v) is 3.00. The van der Waals surface area contributed by atoms with Crippen molar-refractivity contribution in [3.63, 3.8) is 0 Å². The highest BCUT2D eigenvalue weighted by Gasteiger charge is 2.61. The Kier molecular flexibility index (Phi) is 2.56. The number of hydrogen-bond donors (Lipinski definition) is 1. The minimum Gasteiger partial charge on any atom is -0.313 e. The van der Waals surface area contributed by atoms with Crippen LogP contribution in [-0.4, -0.2) is 12.6 Å². The smallest absolute Gasteiger partial charge is 0.0125 e. The Hall–Kier alpha value is -0.530. The summed E-state index contributed by atoms with van der Waals surface area (Å²) in [6.07, 6.45) is 1.39. The molecule has 1 aliphatic heterocycles. The van der Waals surface area contributed by atoms with E-state index >= 15 is 0 Å². The molecular formula is C13H18ClN. The third kappa shape index (κ3) is 1.49. The Morgan fingerprint density at radius 2 is 1.93 bits per heavy atom. The van der Waals surface area contributed by atoms with Crippen LogP contribution in [0.15, 0.2) is 24.3 Å². The standard InChI is InChI=1S/C13H17N.ClH/c1-9-3-5-11(6-4-9)13-7-12(13)10(2)14-8-13;/h3-6,10,12,14H,7-8H2,1-2H3;1H. The molecule has 0 amide bonds. The second-order valence-corrected chi connectivity index (χ2v) is 5.00. The van der Waals surface area contributed by atoms with Crippen molar-refractivity contribution in [1.29, 1.82) is 0 Å². The summed E-state index contributed by atoms with van der Waals surface area (Å²) in [5.74, 6) is 0.894. The minimum absolute atomic E-state index is 0. The predicted molar refractivity (Wildman–Crippen MR) is 65.7 cm³/mol. The molecule has 1 aliphatic carbocycles. The molecule has 1 saturated heterocycles. The van der Waals surface area contributed by atoms with Gasteiger partial charge < -0.3 is 5.32 Å². The van der Waals surface area contributed by atoms with Crippen LogP contribution in [0.2, 0.25) is 0 Å². The molecule has 0 aromatic heterocycles. The van der Waals surface area contributed by atoms with Crippen molar-refractivity contribution in [2.45, 2.75) is 31.7 Å². The van der Waals surface area contributed by atoms with Crippen LogP contribution in [0.1, 0.15) is 24.5 Å². The van der Waals surface area contributed by atoms with E-state index in [0.717, 1.165) is 12.0 Å². The molecule has 0 spiro atoms. The van der Waals surface area contributed by atoms with Gasteiger partial charge in [-0.2, -0.15) is 0 Å². The lowest BCUT2D eigenvalue weighted by molar-refractivity contribution is 0.578. The first-order valence-corrected chi connectivity index (χ1v) is 5.53. The van der Waals surface area contributed by atoms with E-state index in [0.29, 0.717) is 5.41 Å². The first kappa shape index (κ1) is 11.0. The predicted octanol–water partition coefficient (Wildman–Crippen LogP) is 2.67. The maximum atomic E-state index is 3.57. The van der Waals surface area contributed by atoms with E-state index in [1.165, 1.54) is 18.5 Å². The fourth-order valence-electron chi connectivity index (χ4n) is 3.00. The molecule has 3 rings (SSSR count). The van der Waals surface area contributed by atoms with E-state index in [1.807, 2.05) is 0 Å².